The number of hydrogen-bond donors (Lipinski definition) is 0. The lowest BCUT2D eigenvalue weighted by atomic mass is 10.3. The van der Waals surface area contributed by atoms with Crippen molar-refractivity contribution in [1.82, 2.24) is 15.0 Å². The summed E-state index contributed by atoms with van der Waals surface area (Å²) in [5.74, 6) is 0.720. The van der Waals surface area contributed by atoms with Gasteiger partial charge in [-0.2, -0.15) is 0 Å². The van der Waals surface area contributed by atoms with E-state index < -0.39 is 7.14 Å². The summed E-state index contributed by atoms with van der Waals surface area (Å²) in [5, 5.41) is 0.895. The van der Waals surface area contributed by atoms with E-state index in [9.17, 15) is 4.57 Å². The van der Waals surface area contributed by atoms with Gasteiger partial charge in [-0.15, -0.1) is 0 Å². The topological polar surface area (TPSA) is 55.7 Å². The van der Waals surface area contributed by atoms with Crippen molar-refractivity contribution < 1.29 is 4.57 Å². The van der Waals surface area contributed by atoms with E-state index in [0.717, 1.165) is 16.7 Å². The van der Waals surface area contributed by atoms with Gasteiger partial charge < -0.3 is 4.57 Å². The normalized spacial score (nSPS) is 14.9. The second kappa shape index (κ2) is 3.95. The molecule has 1 atom stereocenters. The minimum absolute atomic E-state index is 0.623. The summed E-state index contributed by atoms with van der Waals surface area (Å²) in [6.45, 7) is 5.51. The van der Waals surface area contributed by atoms with E-state index in [2.05, 4.69) is 15.0 Å². The number of fused-ring (bicyclic) bond motifs is 1. The van der Waals surface area contributed by atoms with Crippen molar-refractivity contribution in [3.8, 4) is 0 Å². The molecule has 0 aromatic carbocycles. The van der Waals surface area contributed by atoms with Crippen LogP contribution in [0.1, 0.15) is 12.7 Å². The Morgan fingerprint density at radius 2 is 2.06 bits per heavy atom. The lowest BCUT2D eigenvalue weighted by Crippen LogP contribution is -2.10. The first kappa shape index (κ1) is 11.2. The molecule has 0 aliphatic heterocycles. The summed E-state index contributed by atoms with van der Waals surface area (Å²) in [5.41, 5.74) is 1.46. The monoisotopic (exact) mass is 235 g/mol. The number of rotatable bonds is 2. The van der Waals surface area contributed by atoms with Crippen LogP contribution < -0.4 is 5.44 Å². The fourth-order valence-corrected chi connectivity index (χ4v) is 2.47. The van der Waals surface area contributed by atoms with Gasteiger partial charge in [0.25, 0.3) is 0 Å². The van der Waals surface area contributed by atoms with Crippen molar-refractivity contribution >= 4 is 23.5 Å². The molecule has 0 radical (unpaired) electrons. The zero-order chi connectivity index (χ0) is 11.8. The molecule has 0 aliphatic carbocycles. The highest BCUT2D eigenvalue weighted by Crippen LogP contribution is 2.38. The van der Waals surface area contributed by atoms with Crippen molar-refractivity contribution in [1.29, 1.82) is 0 Å². The Labute approximate surface area is 94.5 Å². The van der Waals surface area contributed by atoms with Gasteiger partial charge in [0.15, 0.2) is 0 Å². The predicted molar refractivity (Wildman–Crippen MR) is 65.8 cm³/mol. The Bertz CT molecular complexity index is 582. The van der Waals surface area contributed by atoms with Crippen LogP contribution in [-0.4, -0.2) is 27.8 Å². The molecule has 0 aliphatic rings. The Morgan fingerprint density at radius 1 is 1.31 bits per heavy atom. The SMILES string of the molecule is CCP(C)(=O)c1cc2cnc(C)nc2cn1. The van der Waals surface area contributed by atoms with Crippen LogP contribution in [0.3, 0.4) is 0 Å². The van der Waals surface area contributed by atoms with Gasteiger partial charge in [-0.1, -0.05) is 6.92 Å². The van der Waals surface area contributed by atoms with Crippen LogP contribution in [0.4, 0.5) is 0 Å². The van der Waals surface area contributed by atoms with E-state index >= 15 is 0 Å². The minimum atomic E-state index is -2.31. The summed E-state index contributed by atoms with van der Waals surface area (Å²) in [6, 6.07) is 1.83. The first-order valence-corrected chi connectivity index (χ1v) is 7.53. The van der Waals surface area contributed by atoms with Crippen LogP contribution in [0.2, 0.25) is 0 Å². The van der Waals surface area contributed by atoms with Crippen LogP contribution in [0.25, 0.3) is 10.9 Å². The summed E-state index contributed by atoms with van der Waals surface area (Å²) in [7, 11) is -2.31. The Hall–Kier alpha value is -1.28. The van der Waals surface area contributed by atoms with E-state index in [-0.39, 0.29) is 0 Å². The molecule has 0 spiro atoms. The molecule has 4 nitrogen and oxygen atoms in total. The molecule has 1 unspecified atom stereocenters. The molecule has 0 N–H and O–H groups in total. The lowest BCUT2D eigenvalue weighted by Gasteiger charge is -2.09. The van der Waals surface area contributed by atoms with E-state index in [0.29, 0.717) is 11.6 Å². The average Bonchev–Trinajstić information content (AvgIpc) is 2.28. The number of pyridine rings is 1. The highest BCUT2D eigenvalue weighted by molar-refractivity contribution is 7.70. The van der Waals surface area contributed by atoms with Gasteiger partial charge in [0.2, 0.25) is 0 Å². The number of nitrogens with zero attached hydrogens (tertiary/aromatic N) is 3. The minimum Gasteiger partial charge on any atom is -0.317 e. The largest absolute Gasteiger partial charge is 0.317 e. The van der Waals surface area contributed by atoms with E-state index in [1.807, 2.05) is 19.9 Å². The fraction of sp³-hybridized carbons (Fsp3) is 0.364. The summed E-state index contributed by atoms with van der Waals surface area (Å²) < 4.78 is 12.2. The molecule has 0 fully saturated rings. The highest BCUT2D eigenvalue weighted by atomic mass is 31.2. The number of aryl methyl sites for hydroxylation is 1. The zero-order valence-corrected chi connectivity index (χ0v) is 10.5. The second-order valence-corrected chi connectivity index (χ2v) is 7.23. The van der Waals surface area contributed by atoms with E-state index in [1.54, 1.807) is 19.1 Å². The standard InChI is InChI=1S/C11H14N3OP/c1-4-16(3,15)11-5-9-6-12-8(2)14-10(9)7-13-11/h5-7H,4H2,1-3H3. The predicted octanol–water partition coefficient (Wildman–Crippen LogP) is 1.97. The lowest BCUT2D eigenvalue weighted by molar-refractivity contribution is 0.585. The fourth-order valence-electron chi connectivity index (χ4n) is 1.44. The van der Waals surface area contributed by atoms with E-state index in [1.165, 1.54) is 0 Å². The van der Waals surface area contributed by atoms with Crippen LogP contribution in [-0.2, 0) is 4.57 Å². The van der Waals surface area contributed by atoms with Gasteiger partial charge in [0, 0.05) is 17.7 Å². The van der Waals surface area contributed by atoms with Crippen LogP contribution in [0, 0.1) is 6.92 Å². The molecule has 2 heterocycles. The molecule has 0 amide bonds. The quantitative estimate of drug-likeness (QED) is 0.747. The van der Waals surface area contributed by atoms with Crippen LogP contribution in [0.15, 0.2) is 18.5 Å². The van der Waals surface area contributed by atoms with Crippen molar-refractivity contribution in [2.75, 3.05) is 12.8 Å². The van der Waals surface area contributed by atoms with Gasteiger partial charge in [-0.25, -0.2) is 9.97 Å². The van der Waals surface area contributed by atoms with Crippen LogP contribution in [0.5, 0.6) is 0 Å². The molecule has 2 rings (SSSR count). The third kappa shape index (κ3) is 1.98. The van der Waals surface area contributed by atoms with Crippen molar-refractivity contribution in [3.63, 3.8) is 0 Å². The van der Waals surface area contributed by atoms with E-state index in [4.69, 9.17) is 0 Å². The van der Waals surface area contributed by atoms with Gasteiger partial charge in [-0.05, 0) is 19.7 Å². The molecule has 2 aromatic heterocycles. The molecule has 5 heteroatoms. The maximum Gasteiger partial charge on any atom is 0.129 e. The first-order valence-electron chi connectivity index (χ1n) is 5.19. The molecule has 0 saturated carbocycles. The highest BCUT2D eigenvalue weighted by Gasteiger charge is 2.17. The van der Waals surface area contributed by atoms with Crippen molar-refractivity contribution in [3.05, 3.63) is 24.3 Å². The Balaban J connectivity index is 2.61. The molecule has 2 aromatic rings. The third-order valence-electron chi connectivity index (χ3n) is 2.66. The average molecular weight is 235 g/mol. The Morgan fingerprint density at radius 3 is 2.75 bits per heavy atom. The summed E-state index contributed by atoms with van der Waals surface area (Å²) >= 11 is 0. The zero-order valence-electron chi connectivity index (χ0n) is 9.64. The maximum absolute atomic E-state index is 12.2. The molecular weight excluding hydrogens is 221 g/mol. The molecule has 0 bridgehead atoms. The van der Waals surface area contributed by atoms with Gasteiger partial charge in [-0.3, -0.25) is 4.98 Å². The number of aromatic nitrogens is 3. The van der Waals surface area contributed by atoms with Gasteiger partial charge in [0.1, 0.15) is 18.4 Å². The Kier molecular flexibility index (Phi) is 2.76. The third-order valence-corrected chi connectivity index (χ3v) is 5.08. The van der Waals surface area contributed by atoms with Crippen LogP contribution >= 0.6 is 7.14 Å². The molecule has 16 heavy (non-hydrogen) atoms. The van der Waals surface area contributed by atoms with Crippen molar-refractivity contribution in [2.24, 2.45) is 0 Å². The number of hydrogen-bond acceptors (Lipinski definition) is 4. The molecular formula is C11H14N3OP. The summed E-state index contributed by atoms with van der Waals surface area (Å²) in [4.78, 5) is 12.6. The second-order valence-electron chi connectivity index (χ2n) is 3.94. The maximum atomic E-state index is 12.2. The molecule has 84 valence electrons. The van der Waals surface area contributed by atoms with Gasteiger partial charge >= 0.3 is 0 Å². The molecule has 0 saturated heterocycles. The summed E-state index contributed by atoms with van der Waals surface area (Å²) in [6.07, 6.45) is 4.04. The first-order chi connectivity index (χ1) is 7.53. The van der Waals surface area contributed by atoms with Crippen molar-refractivity contribution in [2.45, 2.75) is 13.8 Å². The van der Waals surface area contributed by atoms with Gasteiger partial charge in [0.05, 0.1) is 11.7 Å². The smallest absolute Gasteiger partial charge is 0.129 e.